The second-order valence-electron chi connectivity index (χ2n) is 6.50. The van der Waals surface area contributed by atoms with Crippen molar-refractivity contribution >= 4 is 35.1 Å². The smallest absolute Gasteiger partial charge is 0.344 e. The highest BCUT2D eigenvalue weighted by molar-refractivity contribution is 6.32. The zero-order chi connectivity index (χ0) is 21.4. The fourth-order valence-corrected chi connectivity index (χ4v) is 2.55. The Labute approximate surface area is 174 Å². The number of carbonyl (C=O) groups is 3. The zero-order valence-corrected chi connectivity index (χ0v) is 17.3. The van der Waals surface area contributed by atoms with E-state index in [2.05, 4.69) is 5.32 Å². The van der Waals surface area contributed by atoms with E-state index in [-0.39, 0.29) is 19.1 Å². The zero-order valence-electron chi connectivity index (χ0n) is 16.5. The van der Waals surface area contributed by atoms with Crippen molar-refractivity contribution in [1.29, 1.82) is 0 Å². The minimum atomic E-state index is -0.716. The van der Waals surface area contributed by atoms with Gasteiger partial charge in [0, 0.05) is 12.7 Å². The van der Waals surface area contributed by atoms with Gasteiger partial charge in [-0.2, -0.15) is 0 Å². The van der Waals surface area contributed by atoms with Crippen molar-refractivity contribution in [2.75, 3.05) is 32.1 Å². The van der Waals surface area contributed by atoms with Crippen LogP contribution in [0, 0.1) is 13.8 Å². The van der Waals surface area contributed by atoms with E-state index in [4.69, 9.17) is 21.1 Å². The minimum absolute atomic E-state index is 0.167. The van der Waals surface area contributed by atoms with Gasteiger partial charge in [-0.15, -0.1) is 0 Å². The normalized spacial score (nSPS) is 10.2. The van der Waals surface area contributed by atoms with Crippen molar-refractivity contribution in [3.8, 4) is 5.75 Å². The Hall–Kier alpha value is -3.06. The van der Waals surface area contributed by atoms with Crippen molar-refractivity contribution in [3.05, 3.63) is 58.6 Å². The van der Waals surface area contributed by atoms with Crippen LogP contribution in [0.1, 0.15) is 11.1 Å². The fourth-order valence-electron chi connectivity index (χ4n) is 2.36. The molecule has 0 aliphatic rings. The Morgan fingerprint density at radius 1 is 1.07 bits per heavy atom. The maximum absolute atomic E-state index is 12.2. The summed E-state index contributed by atoms with van der Waals surface area (Å²) in [6.07, 6.45) is 0. The largest absolute Gasteiger partial charge is 0.480 e. The van der Waals surface area contributed by atoms with E-state index >= 15 is 0 Å². The third-order valence-electron chi connectivity index (χ3n) is 4.01. The van der Waals surface area contributed by atoms with Crippen molar-refractivity contribution < 1.29 is 23.9 Å². The summed E-state index contributed by atoms with van der Waals surface area (Å²) in [5.41, 5.74) is 2.63. The van der Waals surface area contributed by atoms with Crippen molar-refractivity contribution in [1.82, 2.24) is 4.90 Å². The highest BCUT2D eigenvalue weighted by Gasteiger charge is 2.16. The Morgan fingerprint density at radius 2 is 1.79 bits per heavy atom. The van der Waals surface area contributed by atoms with Crippen molar-refractivity contribution in [3.63, 3.8) is 0 Å². The van der Waals surface area contributed by atoms with E-state index in [0.29, 0.717) is 16.5 Å². The lowest BCUT2D eigenvalue weighted by Crippen LogP contribution is -2.37. The van der Waals surface area contributed by atoms with Gasteiger partial charge in [0.25, 0.3) is 5.91 Å². The molecular formula is C21H23ClN2O5. The molecule has 0 heterocycles. The molecule has 0 saturated heterocycles. The first-order valence-electron chi connectivity index (χ1n) is 8.90. The molecule has 29 heavy (non-hydrogen) atoms. The molecule has 0 aliphatic heterocycles. The third kappa shape index (κ3) is 7.12. The maximum atomic E-state index is 12.2. The number of para-hydroxylation sites is 1. The molecule has 0 fully saturated rings. The van der Waals surface area contributed by atoms with Gasteiger partial charge in [0.15, 0.2) is 13.2 Å². The number of anilines is 1. The highest BCUT2D eigenvalue weighted by Crippen LogP contribution is 2.22. The first kappa shape index (κ1) is 22.2. The molecule has 2 rings (SSSR count). The molecule has 0 atom stereocenters. The molecule has 0 unspecified atom stereocenters. The van der Waals surface area contributed by atoms with E-state index in [0.717, 1.165) is 11.1 Å². The van der Waals surface area contributed by atoms with Gasteiger partial charge >= 0.3 is 5.97 Å². The Morgan fingerprint density at radius 3 is 2.52 bits per heavy atom. The number of likely N-dealkylation sites (N-methyl/N-ethyl adjacent to an activating group) is 1. The molecule has 0 bridgehead atoms. The number of hydrogen-bond acceptors (Lipinski definition) is 5. The van der Waals surface area contributed by atoms with Crippen LogP contribution in [0.3, 0.4) is 0 Å². The minimum Gasteiger partial charge on any atom is -0.480 e. The Balaban J connectivity index is 1.75. The molecular weight excluding hydrogens is 396 g/mol. The number of benzene rings is 2. The Kier molecular flexibility index (Phi) is 8.03. The number of esters is 1. The predicted molar refractivity (Wildman–Crippen MR) is 110 cm³/mol. The van der Waals surface area contributed by atoms with E-state index in [9.17, 15) is 14.4 Å². The van der Waals surface area contributed by atoms with Crippen LogP contribution in [0.15, 0.2) is 42.5 Å². The number of ether oxygens (including phenoxy) is 2. The molecule has 2 aromatic carbocycles. The van der Waals surface area contributed by atoms with Crippen LogP contribution in [-0.2, 0) is 19.1 Å². The van der Waals surface area contributed by atoms with E-state index in [1.165, 1.54) is 11.9 Å². The molecule has 2 amide bonds. The summed E-state index contributed by atoms with van der Waals surface area (Å²) >= 11 is 5.93. The molecule has 0 aromatic heterocycles. The van der Waals surface area contributed by atoms with Gasteiger partial charge in [-0.25, -0.2) is 4.79 Å². The molecule has 0 aliphatic carbocycles. The number of nitrogens with zero attached hydrogens (tertiary/aromatic N) is 1. The van der Waals surface area contributed by atoms with Gasteiger partial charge in [0.2, 0.25) is 5.91 Å². The molecule has 8 heteroatoms. The summed E-state index contributed by atoms with van der Waals surface area (Å²) in [6, 6.07) is 12.4. The fraction of sp³-hybridized carbons (Fsp3) is 0.286. The summed E-state index contributed by atoms with van der Waals surface area (Å²) in [5.74, 6) is -1.22. The van der Waals surface area contributed by atoms with E-state index < -0.39 is 18.5 Å². The lowest BCUT2D eigenvalue weighted by atomic mass is 10.1. The molecule has 154 valence electrons. The standard InChI is InChI=1S/C21H23ClN2O5/c1-14-8-9-15(2)17(10-14)23-19(25)11-24(3)20(26)12-29-21(27)13-28-18-7-5-4-6-16(18)22/h4-10H,11-13H2,1-3H3,(H,23,25). The second-order valence-corrected chi connectivity index (χ2v) is 6.90. The quantitative estimate of drug-likeness (QED) is 0.666. The number of nitrogens with one attached hydrogen (secondary N) is 1. The summed E-state index contributed by atoms with van der Waals surface area (Å²) in [4.78, 5) is 37.2. The number of hydrogen-bond donors (Lipinski definition) is 1. The second kappa shape index (κ2) is 10.5. The van der Waals surface area contributed by atoms with Crippen LogP contribution in [0.2, 0.25) is 5.02 Å². The molecule has 2 aromatic rings. The van der Waals surface area contributed by atoms with Gasteiger partial charge in [0.05, 0.1) is 11.6 Å². The van der Waals surface area contributed by atoms with Crippen LogP contribution >= 0.6 is 11.6 Å². The van der Waals surface area contributed by atoms with Crippen LogP contribution in [0.4, 0.5) is 5.69 Å². The summed E-state index contributed by atoms with van der Waals surface area (Å²) in [6.45, 7) is 2.77. The van der Waals surface area contributed by atoms with Crippen LogP contribution in [0.25, 0.3) is 0 Å². The van der Waals surface area contributed by atoms with Crippen molar-refractivity contribution in [2.24, 2.45) is 0 Å². The molecule has 1 N–H and O–H groups in total. The molecule has 7 nitrogen and oxygen atoms in total. The average molecular weight is 419 g/mol. The first-order chi connectivity index (χ1) is 13.8. The SMILES string of the molecule is Cc1ccc(C)c(NC(=O)CN(C)C(=O)COC(=O)COc2ccccc2Cl)c1. The van der Waals surface area contributed by atoms with E-state index in [1.807, 2.05) is 32.0 Å². The molecule has 0 spiro atoms. The van der Waals surface area contributed by atoms with Gasteiger partial charge in [-0.1, -0.05) is 35.9 Å². The molecule has 0 saturated carbocycles. The molecule has 0 radical (unpaired) electrons. The average Bonchev–Trinajstić information content (AvgIpc) is 2.68. The lowest BCUT2D eigenvalue weighted by molar-refractivity contribution is -0.153. The summed E-state index contributed by atoms with van der Waals surface area (Å²) in [7, 11) is 1.46. The summed E-state index contributed by atoms with van der Waals surface area (Å²) < 4.78 is 10.1. The predicted octanol–water partition coefficient (Wildman–Crippen LogP) is 2.98. The van der Waals surface area contributed by atoms with Gasteiger partial charge in [-0.3, -0.25) is 9.59 Å². The maximum Gasteiger partial charge on any atom is 0.344 e. The lowest BCUT2D eigenvalue weighted by Gasteiger charge is -2.17. The highest BCUT2D eigenvalue weighted by atomic mass is 35.5. The summed E-state index contributed by atoms with van der Waals surface area (Å²) in [5, 5.41) is 3.14. The van der Waals surface area contributed by atoms with Gasteiger partial charge in [-0.05, 0) is 43.2 Å². The van der Waals surface area contributed by atoms with Crippen LogP contribution < -0.4 is 10.1 Å². The monoisotopic (exact) mass is 418 g/mol. The van der Waals surface area contributed by atoms with Gasteiger partial charge < -0.3 is 19.7 Å². The van der Waals surface area contributed by atoms with Crippen LogP contribution in [0.5, 0.6) is 5.75 Å². The van der Waals surface area contributed by atoms with Gasteiger partial charge in [0.1, 0.15) is 5.75 Å². The third-order valence-corrected chi connectivity index (χ3v) is 4.32. The van der Waals surface area contributed by atoms with E-state index in [1.54, 1.807) is 24.3 Å². The Bertz CT molecular complexity index is 900. The van der Waals surface area contributed by atoms with Crippen molar-refractivity contribution in [2.45, 2.75) is 13.8 Å². The topological polar surface area (TPSA) is 84.9 Å². The number of rotatable bonds is 8. The number of halogens is 1. The first-order valence-corrected chi connectivity index (χ1v) is 9.28. The number of aryl methyl sites for hydroxylation is 2. The van der Waals surface area contributed by atoms with Crippen LogP contribution in [-0.4, -0.2) is 49.5 Å². The number of carbonyl (C=O) groups excluding carboxylic acids is 3. The number of amides is 2.